The third-order valence-electron chi connectivity index (χ3n) is 2.89. The summed E-state index contributed by atoms with van der Waals surface area (Å²) in [6.07, 6.45) is -0.486. The van der Waals surface area contributed by atoms with E-state index < -0.39 is 6.09 Å². The first-order chi connectivity index (χ1) is 10.2. The Morgan fingerprint density at radius 1 is 1.10 bits per heavy atom. The lowest BCUT2D eigenvalue weighted by Crippen LogP contribution is -2.34. The van der Waals surface area contributed by atoms with Gasteiger partial charge in [-0.25, -0.2) is 4.79 Å². The number of carbonyl (C=O) groups excluding carboxylic acids is 1. The van der Waals surface area contributed by atoms with Gasteiger partial charge >= 0.3 is 6.09 Å². The van der Waals surface area contributed by atoms with Gasteiger partial charge in [0.25, 0.3) is 0 Å². The summed E-state index contributed by atoms with van der Waals surface area (Å²) < 4.78 is 6.08. The maximum atomic E-state index is 12.2. The zero-order chi connectivity index (χ0) is 15.1. The molecule has 21 heavy (non-hydrogen) atoms. The Labute approximate surface area is 132 Å². The molecular weight excluding hydrogens is 334 g/mol. The number of anilines is 1. The quantitative estimate of drug-likeness (QED) is 0.897. The Hall–Kier alpha value is -1.85. The van der Waals surface area contributed by atoms with E-state index >= 15 is 0 Å². The maximum absolute atomic E-state index is 12.2. The molecule has 1 N–H and O–H groups in total. The molecule has 2 rings (SSSR count). The molecule has 4 nitrogen and oxygen atoms in total. The van der Waals surface area contributed by atoms with Crippen molar-refractivity contribution >= 4 is 27.7 Å². The SMILES string of the molecule is O=C(OCc1ccccc1)N(CCO)c1ccccc1Br. The predicted molar refractivity (Wildman–Crippen MR) is 85.2 cm³/mol. The molecular formula is C16H16BrNO3. The van der Waals surface area contributed by atoms with E-state index in [0.717, 1.165) is 10.0 Å². The zero-order valence-electron chi connectivity index (χ0n) is 11.4. The van der Waals surface area contributed by atoms with Crippen molar-refractivity contribution in [2.45, 2.75) is 6.61 Å². The highest BCUT2D eigenvalue weighted by atomic mass is 79.9. The van der Waals surface area contributed by atoms with Crippen molar-refractivity contribution in [3.8, 4) is 0 Å². The van der Waals surface area contributed by atoms with Crippen LogP contribution in [0.4, 0.5) is 10.5 Å². The van der Waals surface area contributed by atoms with Crippen molar-refractivity contribution in [3.05, 3.63) is 64.6 Å². The molecule has 0 aliphatic rings. The molecule has 0 unspecified atom stereocenters. The van der Waals surface area contributed by atoms with Crippen LogP contribution in [-0.4, -0.2) is 24.4 Å². The van der Waals surface area contributed by atoms with Gasteiger partial charge in [-0.05, 0) is 33.6 Å². The Morgan fingerprint density at radius 3 is 2.43 bits per heavy atom. The van der Waals surface area contributed by atoms with E-state index in [9.17, 15) is 4.79 Å². The molecule has 0 atom stereocenters. The average Bonchev–Trinajstić information content (AvgIpc) is 2.52. The second kappa shape index (κ2) is 7.81. The Balaban J connectivity index is 2.08. The Kier molecular flexibility index (Phi) is 5.78. The minimum atomic E-state index is -0.486. The summed E-state index contributed by atoms with van der Waals surface area (Å²) in [6, 6.07) is 16.8. The number of amides is 1. The van der Waals surface area contributed by atoms with E-state index in [-0.39, 0.29) is 19.8 Å². The predicted octanol–water partition coefficient (Wildman–Crippen LogP) is 3.58. The third kappa shape index (κ3) is 4.31. The van der Waals surface area contributed by atoms with Crippen molar-refractivity contribution in [3.63, 3.8) is 0 Å². The van der Waals surface area contributed by atoms with E-state index in [1.54, 1.807) is 6.07 Å². The van der Waals surface area contributed by atoms with Gasteiger partial charge in [0.2, 0.25) is 0 Å². The molecule has 110 valence electrons. The van der Waals surface area contributed by atoms with Crippen molar-refractivity contribution in [1.29, 1.82) is 0 Å². The molecule has 0 saturated heterocycles. The Morgan fingerprint density at radius 2 is 1.76 bits per heavy atom. The van der Waals surface area contributed by atoms with E-state index in [1.807, 2.05) is 48.5 Å². The second-order valence-electron chi connectivity index (χ2n) is 4.37. The van der Waals surface area contributed by atoms with Crippen LogP contribution in [-0.2, 0) is 11.3 Å². The summed E-state index contributed by atoms with van der Waals surface area (Å²) >= 11 is 3.40. The van der Waals surface area contributed by atoms with Crippen molar-refractivity contribution in [1.82, 2.24) is 0 Å². The fourth-order valence-corrected chi connectivity index (χ4v) is 2.38. The number of aliphatic hydroxyl groups is 1. The van der Waals surface area contributed by atoms with Crippen molar-refractivity contribution < 1.29 is 14.6 Å². The first kappa shape index (κ1) is 15.5. The monoisotopic (exact) mass is 349 g/mol. The number of halogens is 1. The number of aliphatic hydroxyl groups excluding tert-OH is 1. The minimum absolute atomic E-state index is 0.137. The molecule has 0 spiro atoms. The van der Waals surface area contributed by atoms with Gasteiger partial charge in [0.15, 0.2) is 0 Å². The number of hydrogen-bond acceptors (Lipinski definition) is 3. The fourth-order valence-electron chi connectivity index (χ4n) is 1.88. The van der Waals surface area contributed by atoms with E-state index in [2.05, 4.69) is 15.9 Å². The van der Waals surface area contributed by atoms with Gasteiger partial charge in [0, 0.05) is 4.47 Å². The summed E-state index contributed by atoms with van der Waals surface area (Å²) in [6.45, 7) is 0.240. The highest BCUT2D eigenvalue weighted by molar-refractivity contribution is 9.10. The summed E-state index contributed by atoms with van der Waals surface area (Å²) in [4.78, 5) is 13.6. The van der Waals surface area contributed by atoms with E-state index in [1.165, 1.54) is 4.90 Å². The number of nitrogens with zero attached hydrogens (tertiary/aromatic N) is 1. The van der Waals surface area contributed by atoms with Gasteiger partial charge in [-0.15, -0.1) is 0 Å². The first-order valence-corrected chi connectivity index (χ1v) is 7.35. The molecule has 0 aliphatic carbocycles. The van der Waals surface area contributed by atoms with Crippen LogP contribution in [0.15, 0.2) is 59.1 Å². The van der Waals surface area contributed by atoms with Gasteiger partial charge in [0.1, 0.15) is 6.61 Å². The summed E-state index contributed by atoms with van der Waals surface area (Å²) in [7, 11) is 0. The van der Waals surface area contributed by atoms with Gasteiger partial charge in [-0.3, -0.25) is 4.90 Å². The van der Waals surface area contributed by atoms with Crippen LogP contribution in [0.25, 0.3) is 0 Å². The minimum Gasteiger partial charge on any atom is -0.444 e. The van der Waals surface area contributed by atoms with Crippen LogP contribution in [0.2, 0.25) is 0 Å². The van der Waals surface area contributed by atoms with Crippen LogP contribution in [0.5, 0.6) is 0 Å². The number of rotatable bonds is 5. The van der Waals surface area contributed by atoms with Crippen LogP contribution >= 0.6 is 15.9 Å². The van der Waals surface area contributed by atoms with E-state index in [4.69, 9.17) is 9.84 Å². The number of hydrogen-bond donors (Lipinski definition) is 1. The van der Waals surface area contributed by atoms with Gasteiger partial charge < -0.3 is 9.84 Å². The van der Waals surface area contributed by atoms with Crippen LogP contribution in [0.1, 0.15) is 5.56 Å². The van der Waals surface area contributed by atoms with Crippen molar-refractivity contribution in [2.24, 2.45) is 0 Å². The molecule has 5 heteroatoms. The normalized spacial score (nSPS) is 10.2. The maximum Gasteiger partial charge on any atom is 0.414 e. The van der Waals surface area contributed by atoms with E-state index in [0.29, 0.717) is 5.69 Å². The van der Waals surface area contributed by atoms with Crippen molar-refractivity contribution in [2.75, 3.05) is 18.1 Å². The van der Waals surface area contributed by atoms with Crippen LogP contribution in [0, 0.1) is 0 Å². The average molecular weight is 350 g/mol. The third-order valence-corrected chi connectivity index (χ3v) is 3.56. The molecule has 2 aromatic carbocycles. The summed E-state index contributed by atoms with van der Waals surface area (Å²) in [5, 5.41) is 9.16. The highest BCUT2D eigenvalue weighted by Gasteiger charge is 2.18. The molecule has 0 radical (unpaired) electrons. The molecule has 0 fully saturated rings. The van der Waals surface area contributed by atoms with Gasteiger partial charge in [-0.1, -0.05) is 42.5 Å². The Bertz CT molecular complexity index is 589. The molecule has 1 amide bonds. The standard InChI is InChI=1S/C16H16BrNO3/c17-14-8-4-5-9-15(14)18(10-11-19)16(20)21-12-13-6-2-1-3-7-13/h1-9,19H,10-12H2. The van der Waals surface area contributed by atoms with Crippen LogP contribution in [0.3, 0.4) is 0 Å². The molecule has 0 bridgehead atoms. The number of para-hydroxylation sites is 1. The highest BCUT2D eigenvalue weighted by Crippen LogP contribution is 2.26. The molecule has 0 saturated carbocycles. The fraction of sp³-hybridized carbons (Fsp3) is 0.188. The zero-order valence-corrected chi connectivity index (χ0v) is 13.0. The summed E-state index contributed by atoms with van der Waals surface area (Å²) in [5.41, 5.74) is 1.59. The second-order valence-corrected chi connectivity index (χ2v) is 5.22. The van der Waals surface area contributed by atoms with Crippen LogP contribution < -0.4 is 4.90 Å². The van der Waals surface area contributed by atoms with Gasteiger partial charge in [-0.2, -0.15) is 0 Å². The largest absolute Gasteiger partial charge is 0.444 e. The number of carbonyl (C=O) groups is 1. The molecule has 0 aromatic heterocycles. The topological polar surface area (TPSA) is 49.8 Å². The molecule has 0 heterocycles. The molecule has 0 aliphatic heterocycles. The smallest absolute Gasteiger partial charge is 0.414 e. The number of ether oxygens (including phenoxy) is 1. The first-order valence-electron chi connectivity index (χ1n) is 6.56. The lowest BCUT2D eigenvalue weighted by atomic mass is 10.2. The lowest BCUT2D eigenvalue weighted by Gasteiger charge is -2.22. The lowest BCUT2D eigenvalue weighted by molar-refractivity contribution is 0.145. The van der Waals surface area contributed by atoms with Gasteiger partial charge in [0.05, 0.1) is 18.8 Å². The molecule has 2 aromatic rings. The number of benzene rings is 2. The summed E-state index contributed by atoms with van der Waals surface area (Å²) in [5.74, 6) is 0.